The van der Waals surface area contributed by atoms with Gasteiger partial charge in [-0.05, 0) is 66.1 Å². The number of carbonyl (C=O) groups excluding carboxylic acids is 1. The molecule has 0 heterocycles. The van der Waals surface area contributed by atoms with Crippen molar-refractivity contribution in [1.82, 2.24) is 0 Å². The molecule has 32 heavy (non-hydrogen) atoms. The van der Waals surface area contributed by atoms with Crippen molar-refractivity contribution in [3.8, 4) is 28.7 Å². The molecule has 0 bridgehead atoms. The van der Waals surface area contributed by atoms with E-state index in [2.05, 4.69) is 18.8 Å². The zero-order valence-corrected chi connectivity index (χ0v) is 18.6. The number of benzene rings is 3. The van der Waals surface area contributed by atoms with Gasteiger partial charge in [-0.3, -0.25) is 0 Å². The standard InChI is InChI=1S/C28H28O4/c1-3-4-19-31-20-21-32-27-17-9-23(10-18-27)6-5-22-7-11-24(12-8-22)25-13-15-26(16-14-25)28(29)30-2/h7-18H,3-4,19-21H2,1-2H3. The third-order valence-electron chi connectivity index (χ3n) is 4.87. The largest absolute Gasteiger partial charge is 0.491 e. The van der Waals surface area contributed by atoms with Crippen LogP contribution in [-0.4, -0.2) is 32.9 Å². The maximum atomic E-state index is 11.6. The molecule has 3 aromatic rings. The van der Waals surface area contributed by atoms with E-state index in [0.29, 0.717) is 18.8 Å². The van der Waals surface area contributed by atoms with Gasteiger partial charge < -0.3 is 14.2 Å². The molecule has 0 aliphatic carbocycles. The summed E-state index contributed by atoms with van der Waals surface area (Å²) < 4.78 is 15.9. The highest BCUT2D eigenvalue weighted by molar-refractivity contribution is 5.90. The Kier molecular flexibility index (Phi) is 8.92. The van der Waals surface area contributed by atoms with E-state index < -0.39 is 0 Å². The fourth-order valence-electron chi connectivity index (χ4n) is 3.01. The van der Waals surface area contributed by atoms with Crippen molar-refractivity contribution in [3.05, 3.63) is 89.5 Å². The second-order valence-electron chi connectivity index (χ2n) is 7.24. The SMILES string of the molecule is CCCCOCCOc1ccc(C#Cc2ccc(-c3ccc(C(=O)OC)cc3)cc2)cc1. The van der Waals surface area contributed by atoms with Crippen LogP contribution in [0.15, 0.2) is 72.8 Å². The molecule has 0 unspecified atom stereocenters. The van der Waals surface area contributed by atoms with Crippen molar-refractivity contribution in [2.75, 3.05) is 26.9 Å². The first kappa shape index (κ1) is 23.1. The van der Waals surface area contributed by atoms with Crippen molar-refractivity contribution in [3.63, 3.8) is 0 Å². The highest BCUT2D eigenvalue weighted by atomic mass is 16.5. The fourth-order valence-corrected chi connectivity index (χ4v) is 3.01. The topological polar surface area (TPSA) is 44.8 Å². The third kappa shape index (κ3) is 7.01. The lowest BCUT2D eigenvalue weighted by Crippen LogP contribution is -2.07. The van der Waals surface area contributed by atoms with Gasteiger partial charge in [-0.1, -0.05) is 49.5 Å². The number of carbonyl (C=O) groups is 1. The molecule has 164 valence electrons. The molecule has 0 amide bonds. The summed E-state index contributed by atoms with van der Waals surface area (Å²) in [4.78, 5) is 11.6. The van der Waals surface area contributed by atoms with Gasteiger partial charge in [0, 0.05) is 17.7 Å². The number of rotatable bonds is 9. The van der Waals surface area contributed by atoms with Gasteiger partial charge in [-0.15, -0.1) is 0 Å². The van der Waals surface area contributed by atoms with Crippen LogP contribution in [0, 0.1) is 11.8 Å². The first-order valence-corrected chi connectivity index (χ1v) is 10.8. The van der Waals surface area contributed by atoms with Crippen molar-refractivity contribution in [2.24, 2.45) is 0 Å². The Balaban J connectivity index is 1.53. The lowest BCUT2D eigenvalue weighted by Gasteiger charge is -2.06. The van der Waals surface area contributed by atoms with E-state index >= 15 is 0 Å². The van der Waals surface area contributed by atoms with E-state index in [1.54, 1.807) is 12.1 Å². The van der Waals surface area contributed by atoms with Gasteiger partial charge in [0.05, 0.1) is 19.3 Å². The molecule has 0 aliphatic rings. The minimum absolute atomic E-state index is 0.335. The average molecular weight is 429 g/mol. The third-order valence-corrected chi connectivity index (χ3v) is 4.87. The van der Waals surface area contributed by atoms with Crippen LogP contribution in [0.3, 0.4) is 0 Å². The number of unbranched alkanes of at least 4 members (excludes halogenated alkanes) is 1. The molecule has 3 aromatic carbocycles. The van der Waals surface area contributed by atoms with E-state index in [4.69, 9.17) is 14.2 Å². The summed E-state index contributed by atoms with van der Waals surface area (Å²) in [7, 11) is 1.38. The Labute approximate surface area is 190 Å². The molecule has 0 spiro atoms. The molecule has 0 saturated carbocycles. The molecule has 0 aliphatic heterocycles. The monoisotopic (exact) mass is 428 g/mol. The Hall–Kier alpha value is -3.55. The molecule has 4 nitrogen and oxygen atoms in total. The molecule has 0 fully saturated rings. The van der Waals surface area contributed by atoms with Crippen LogP contribution < -0.4 is 4.74 Å². The Bertz CT molecular complexity index is 1040. The van der Waals surface area contributed by atoms with Crippen LogP contribution in [0.2, 0.25) is 0 Å². The Morgan fingerprint density at radius 1 is 0.750 bits per heavy atom. The van der Waals surface area contributed by atoms with Gasteiger partial charge in [-0.25, -0.2) is 4.79 Å². The lowest BCUT2D eigenvalue weighted by molar-refractivity contribution is 0.0600. The van der Waals surface area contributed by atoms with Crippen LogP contribution >= 0.6 is 0 Å². The number of hydrogen-bond donors (Lipinski definition) is 0. The maximum absolute atomic E-state index is 11.6. The normalized spacial score (nSPS) is 10.2. The molecule has 3 rings (SSSR count). The second-order valence-corrected chi connectivity index (χ2v) is 7.24. The summed E-state index contributed by atoms with van der Waals surface area (Å²) in [5.41, 5.74) is 4.50. The molecular weight excluding hydrogens is 400 g/mol. The van der Waals surface area contributed by atoms with Crippen LogP contribution in [-0.2, 0) is 9.47 Å². The molecule has 0 N–H and O–H groups in total. The summed E-state index contributed by atoms with van der Waals surface area (Å²) in [6.45, 7) is 4.09. The van der Waals surface area contributed by atoms with Gasteiger partial charge in [0.2, 0.25) is 0 Å². The van der Waals surface area contributed by atoms with E-state index in [-0.39, 0.29) is 5.97 Å². The van der Waals surface area contributed by atoms with E-state index in [0.717, 1.165) is 47.5 Å². The lowest BCUT2D eigenvalue weighted by atomic mass is 10.0. The van der Waals surface area contributed by atoms with Crippen molar-refractivity contribution < 1.29 is 19.0 Å². The molecule has 0 saturated heterocycles. The highest BCUT2D eigenvalue weighted by Crippen LogP contribution is 2.20. The zero-order valence-electron chi connectivity index (χ0n) is 18.6. The van der Waals surface area contributed by atoms with Gasteiger partial charge in [-0.2, -0.15) is 0 Å². The summed E-state index contributed by atoms with van der Waals surface area (Å²) in [5, 5.41) is 0. The number of methoxy groups -OCH3 is 1. The van der Waals surface area contributed by atoms with Gasteiger partial charge in [0.25, 0.3) is 0 Å². The Morgan fingerprint density at radius 3 is 1.88 bits per heavy atom. The number of ether oxygens (including phenoxy) is 3. The highest BCUT2D eigenvalue weighted by Gasteiger charge is 2.05. The van der Waals surface area contributed by atoms with Gasteiger partial charge in [0.1, 0.15) is 12.4 Å². The summed E-state index contributed by atoms with van der Waals surface area (Å²) >= 11 is 0. The summed E-state index contributed by atoms with van der Waals surface area (Å²) in [6.07, 6.45) is 2.22. The summed E-state index contributed by atoms with van der Waals surface area (Å²) in [6, 6.07) is 23.2. The maximum Gasteiger partial charge on any atom is 0.337 e. The van der Waals surface area contributed by atoms with Crippen LogP contribution in [0.1, 0.15) is 41.3 Å². The molecule has 0 atom stereocenters. The van der Waals surface area contributed by atoms with E-state index in [1.165, 1.54) is 7.11 Å². The van der Waals surface area contributed by atoms with E-state index in [9.17, 15) is 4.79 Å². The predicted octanol–water partition coefficient (Wildman–Crippen LogP) is 5.74. The number of esters is 1. The quantitative estimate of drug-likeness (QED) is 0.248. The van der Waals surface area contributed by atoms with E-state index in [1.807, 2.05) is 60.7 Å². The van der Waals surface area contributed by atoms with Crippen molar-refractivity contribution in [2.45, 2.75) is 19.8 Å². The molecule has 4 heteroatoms. The fraction of sp³-hybridized carbons (Fsp3) is 0.250. The smallest absolute Gasteiger partial charge is 0.337 e. The Morgan fingerprint density at radius 2 is 1.31 bits per heavy atom. The predicted molar refractivity (Wildman–Crippen MR) is 127 cm³/mol. The minimum Gasteiger partial charge on any atom is -0.491 e. The molecular formula is C28H28O4. The van der Waals surface area contributed by atoms with Crippen LogP contribution in [0.4, 0.5) is 0 Å². The molecule has 0 radical (unpaired) electrons. The van der Waals surface area contributed by atoms with Crippen LogP contribution in [0.5, 0.6) is 5.75 Å². The number of hydrogen-bond acceptors (Lipinski definition) is 4. The van der Waals surface area contributed by atoms with Gasteiger partial charge >= 0.3 is 5.97 Å². The minimum atomic E-state index is -0.335. The van der Waals surface area contributed by atoms with Crippen LogP contribution in [0.25, 0.3) is 11.1 Å². The van der Waals surface area contributed by atoms with Crippen molar-refractivity contribution in [1.29, 1.82) is 0 Å². The van der Waals surface area contributed by atoms with Crippen molar-refractivity contribution >= 4 is 5.97 Å². The second kappa shape index (κ2) is 12.3. The summed E-state index contributed by atoms with van der Waals surface area (Å²) in [5.74, 6) is 6.85. The first-order valence-electron chi connectivity index (χ1n) is 10.8. The average Bonchev–Trinajstić information content (AvgIpc) is 2.85. The zero-order chi connectivity index (χ0) is 22.6. The first-order chi connectivity index (χ1) is 15.7. The van der Waals surface area contributed by atoms with Gasteiger partial charge in [0.15, 0.2) is 0 Å². The molecule has 0 aromatic heterocycles.